The number of hydrogen-bond donors (Lipinski definition) is 1. The van der Waals surface area contributed by atoms with Gasteiger partial charge >= 0.3 is 5.97 Å². The molecule has 0 aromatic heterocycles. The average Bonchev–Trinajstić information content (AvgIpc) is 2.61. The van der Waals surface area contributed by atoms with Gasteiger partial charge in [-0.15, -0.1) is 0 Å². The number of carboxylic acid groups (broad SMARTS) is 1. The monoisotopic (exact) mass is 327 g/mol. The van der Waals surface area contributed by atoms with Gasteiger partial charge in [0.1, 0.15) is 5.75 Å². The lowest BCUT2D eigenvalue weighted by Gasteiger charge is -2.30. The highest BCUT2D eigenvalue weighted by atomic mass is 16.5. The number of likely N-dealkylation sites (tertiary alicyclic amines) is 1. The van der Waals surface area contributed by atoms with E-state index < -0.39 is 5.97 Å². The summed E-state index contributed by atoms with van der Waals surface area (Å²) in [7, 11) is 1.63. The molecule has 0 aliphatic carbocycles. The second kappa shape index (κ2) is 6.91. The Balaban J connectivity index is 1.75. The van der Waals surface area contributed by atoms with E-state index in [0.29, 0.717) is 32.4 Å². The van der Waals surface area contributed by atoms with Gasteiger partial charge < -0.3 is 14.7 Å². The maximum Gasteiger partial charge on any atom is 0.306 e. The number of ether oxygens (including phenoxy) is 1. The minimum atomic E-state index is -0.761. The van der Waals surface area contributed by atoms with Crippen LogP contribution in [0, 0.1) is 5.92 Å². The van der Waals surface area contributed by atoms with E-state index in [1.165, 1.54) is 0 Å². The van der Waals surface area contributed by atoms with E-state index in [4.69, 9.17) is 9.84 Å². The average molecular weight is 327 g/mol. The summed E-state index contributed by atoms with van der Waals surface area (Å²) in [5.41, 5.74) is 0.969. The standard InChI is InChI=1S/C19H21NO4/c1-24-16-6-5-13-3-2-4-15(17(13)12-16)11-18(21)20-9-7-14(8-10-20)19(22)23/h2-6,12,14H,7-11H2,1H3,(H,22,23). The summed E-state index contributed by atoms with van der Waals surface area (Å²) in [6.07, 6.45) is 1.39. The van der Waals surface area contributed by atoms with Crippen LogP contribution in [0.25, 0.3) is 10.8 Å². The fourth-order valence-electron chi connectivity index (χ4n) is 3.25. The molecule has 24 heavy (non-hydrogen) atoms. The van der Waals surface area contributed by atoms with Crippen molar-refractivity contribution in [1.82, 2.24) is 4.90 Å². The summed E-state index contributed by atoms with van der Waals surface area (Å²) in [5, 5.41) is 11.1. The number of rotatable bonds is 4. The molecule has 2 aromatic carbocycles. The first kappa shape index (κ1) is 16.3. The molecule has 0 unspecified atom stereocenters. The number of fused-ring (bicyclic) bond motifs is 1. The number of piperidine rings is 1. The Morgan fingerprint density at radius 3 is 2.62 bits per heavy atom. The molecule has 0 atom stereocenters. The van der Waals surface area contributed by atoms with Gasteiger partial charge in [0.05, 0.1) is 19.4 Å². The second-order valence-electron chi connectivity index (χ2n) is 6.17. The lowest BCUT2D eigenvalue weighted by Crippen LogP contribution is -2.41. The highest BCUT2D eigenvalue weighted by Crippen LogP contribution is 2.25. The van der Waals surface area contributed by atoms with Crippen LogP contribution in [-0.2, 0) is 16.0 Å². The van der Waals surface area contributed by atoms with Crippen LogP contribution in [0.5, 0.6) is 5.75 Å². The van der Waals surface area contributed by atoms with Gasteiger partial charge in [-0.2, -0.15) is 0 Å². The number of benzene rings is 2. The lowest BCUT2D eigenvalue weighted by molar-refractivity contribution is -0.145. The molecule has 0 saturated carbocycles. The molecular weight excluding hydrogens is 306 g/mol. The van der Waals surface area contributed by atoms with Crippen LogP contribution in [-0.4, -0.2) is 42.1 Å². The molecule has 1 aliphatic heterocycles. The number of amides is 1. The summed E-state index contributed by atoms with van der Waals surface area (Å²) in [5.74, 6) is -0.266. The van der Waals surface area contributed by atoms with E-state index in [9.17, 15) is 9.59 Å². The fourth-order valence-corrected chi connectivity index (χ4v) is 3.25. The van der Waals surface area contributed by atoms with Gasteiger partial charge in [0, 0.05) is 13.1 Å². The predicted molar refractivity (Wildman–Crippen MR) is 91.1 cm³/mol. The predicted octanol–water partition coefficient (Wildman–Crippen LogP) is 2.71. The van der Waals surface area contributed by atoms with E-state index in [1.807, 2.05) is 36.4 Å². The number of carboxylic acids is 1. The van der Waals surface area contributed by atoms with Crippen LogP contribution in [0.2, 0.25) is 0 Å². The molecule has 5 heteroatoms. The number of carbonyl (C=O) groups excluding carboxylic acids is 1. The van der Waals surface area contributed by atoms with Crippen molar-refractivity contribution in [2.45, 2.75) is 19.3 Å². The van der Waals surface area contributed by atoms with Gasteiger partial charge in [-0.1, -0.05) is 24.3 Å². The molecule has 0 spiro atoms. The molecule has 0 radical (unpaired) electrons. The maximum absolute atomic E-state index is 12.6. The van der Waals surface area contributed by atoms with Gasteiger partial charge in [0.2, 0.25) is 5.91 Å². The highest BCUT2D eigenvalue weighted by molar-refractivity contribution is 5.91. The Hall–Kier alpha value is -2.56. The third-order valence-electron chi connectivity index (χ3n) is 4.72. The van der Waals surface area contributed by atoms with E-state index in [1.54, 1.807) is 12.0 Å². The van der Waals surface area contributed by atoms with Crippen molar-refractivity contribution in [2.75, 3.05) is 20.2 Å². The molecule has 1 heterocycles. The van der Waals surface area contributed by atoms with Gasteiger partial charge in [-0.25, -0.2) is 0 Å². The lowest BCUT2D eigenvalue weighted by atomic mass is 9.96. The second-order valence-corrected chi connectivity index (χ2v) is 6.17. The Morgan fingerprint density at radius 1 is 1.21 bits per heavy atom. The van der Waals surface area contributed by atoms with Crippen LogP contribution in [0.15, 0.2) is 36.4 Å². The Labute approximate surface area is 140 Å². The maximum atomic E-state index is 12.6. The smallest absolute Gasteiger partial charge is 0.306 e. The minimum absolute atomic E-state index is 0.0501. The number of aliphatic carboxylic acids is 1. The topological polar surface area (TPSA) is 66.8 Å². The molecule has 3 rings (SSSR count). The Kier molecular flexibility index (Phi) is 4.69. The number of methoxy groups -OCH3 is 1. The molecule has 2 aromatic rings. The SMILES string of the molecule is COc1ccc2cccc(CC(=O)N3CCC(C(=O)O)CC3)c2c1. The normalized spacial score (nSPS) is 15.5. The van der Waals surface area contributed by atoms with Crippen LogP contribution < -0.4 is 4.74 Å². The first-order chi connectivity index (χ1) is 11.6. The summed E-state index contributed by atoms with van der Waals surface area (Å²) in [6, 6.07) is 11.8. The Morgan fingerprint density at radius 2 is 1.96 bits per heavy atom. The molecule has 1 N–H and O–H groups in total. The fraction of sp³-hybridized carbons (Fsp3) is 0.368. The number of hydrogen-bond acceptors (Lipinski definition) is 3. The minimum Gasteiger partial charge on any atom is -0.497 e. The van der Waals surface area contributed by atoms with Crippen molar-refractivity contribution < 1.29 is 19.4 Å². The van der Waals surface area contributed by atoms with Crippen molar-refractivity contribution in [3.05, 3.63) is 42.0 Å². The molecule has 1 amide bonds. The molecule has 1 fully saturated rings. The summed E-state index contributed by atoms with van der Waals surface area (Å²) < 4.78 is 5.28. The quantitative estimate of drug-likeness (QED) is 0.937. The van der Waals surface area contributed by atoms with Crippen LogP contribution in [0.1, 0.15) is 18.4 Å². The van der Waals surface area contributed by atoms with Crippen molar-refractivity contribution >= 4 is 22.6 Å². The van der Waals surface area contributed by atoms with Gasteiger partial charge in [0.15, 0.2) is 0 Å². The summed E-state index contributed by atoms with van der Waals surface area (Å²) in [4.78, 5) is 25.4. The summed E-state index contributed by atoms with van der Waals surface area (Å²) >= 11 is 0. The van der Waals surface area contributed by atoms with E-state index in [-0.39, 0.29) is 11.8 Å². The molecular formula is C19H21NO4. The molecule has 126 valence electrons. The first-order valence-electron chi connectivity index (χ1n) is 8.14. The van der Waals surface area contributed by atoms with E-state index in [0.717, 1.165) is 22.1 Å². The van der Waals surface area contributed by atoms with Crippen LogP contribution >= 0.6 is 0 Å². The Bertz CT molecular complexity index is 763. The van der Waals surface area contributed by atoms with Crippen molar-refractivity contribution in [3.8, 4) is 5.75 Å². The summed E-state index contributed by atoms with van der Waals surface area (Å²) in [6.45, 7) is 1.04. The van der Waals surface area contributed by atoms with Gasteiger partial charge in [-0.3, -0.25) is 9.59 Å². The molecule has 5 nitrogen and oxygen atoms in total. The third-order valence-corrected chi connectivity index (χ3v) is 4.72. The zero-order valence-corrected chi connectivity index (χ0v) is 13.7. The van der Waals surface area contributed by atoms with Crippen LogP contribution in [0.3, 0.4) is 0 Å². The zero-order valence-electron chi connectivity index (χ0n) is 13.7. The number of nitrogens with zero attached hydrogens (tertiary/aromatic N) is 1. The third kappa shape index (κ3) is 3.35. The van der Waals surface area contributed by atoms with Crippen molar-refractivity contribution in [3.63, 3.8) is 0 Å². The molecule has 1 saturated heterocycles. The highest BCUT2D eigenvalue weighted by Gasteiger charge is 2.27. The first-order valence-corrected chi connectivity index (χ1v) is 8.14. The molecule has 1 aliphatic rings. The van der Waals surface area contributed by atoms with Crippen molar-refractivity contribution in [1.29, 1.82) is 0 Å². The van der Waals surface area contributed by atoms with Gasteiger partial charge in [0.25, 0.3) is 0 Å². The zero-order chi connectivity index (χ0) is 17.1. The van der Waals surface area contributed by atoms with E-state index >= 15 is 0 Å². The largest absolute Gasteiger partial charge is 0.497 e. The number of carbonyl (C=O) groups is 2. The van der Waals surface area contributed by atoms with Crippen LogP contribution in [0.4, 0.5) is 0 Å². The van der Waals surface area contributed by atoms with E-state index in [2.05, 4.69) is 0 Å². The van der Waals surface area contributed by atoms with Gasteiger partial charge in [-0.05, 0) is 41.3 Å². The van der Waals surface area contributed by atoms with Crippen molar-refractivity contribution in [2.24, 2.45) is 5.92 Å². The molecule has 0 bridgehead atoms.